The molecular weight excluding hydrogens is 249 g/mol. The summed E-state index contributed by atoms with van der Waals surface area (Å²) in [5.41, 5.74) is 0. The molecule has 0 unspecified atom stereocenters. The molecule has 1 aromatic heterocycles. The van der Waals surface area contributed by atoms with Crippen LogP contribution in [0.5, 0.6) is 0 Å². The first-order valence-corrected chi connectivity index (χ1v) is 7.06. The van der Waals surface area contributed by atoms with Crippen molar-refractivity contribution in [2.45, 2.75) is 32.2 Å². The summed E-state index contributed by atoms with van der Waals surface area (Å²) in [4.78, 5) is 1.31. The van der Waals surface area contributed by atoms with Gasteiger partial charge in [-0.2, -0.15) is 0 Å². The zero-order valence-corrected chi connectivity index (χ0v) is 11.1. The summed E-state index contributed by atoms with van der Waals surface area (Å²) < 4.78 is 0.869. The Kier molecular flexibility index (Phi) is 7.45. The molecule has 0 aromatic carbocycles. The van der Waals surface area contributed by atoms with Crippen molar-refractivity contribution in [3.8, 4) is 0 Å². The van der Waals surface area contributed by atoms with E-state index in [1.807, 2.05) is 6.07 Å². The van der Waals surface area contributed by atoms with Crippen LogP contribution in [0.4, 0.5) is 0 Å². The van der Waals surface area contributed by atoms with Gasteiger partial charge in [0.25, 0.3) is 0 Å². The fourth-order valence-electron chi connectivity index (χ4n) is 1.36. The van der Waals surface area contributed by atoms with E-state index in [-0.39, 0.29) is 0 Å². The largest absolute Gasteiger partial charge is 0.312 e. The second-order valence-electron chi connectivity index (χ2n) is 3.49. The lowest BCUT2D eigenvalue weighted by molar-refractivity contribution is 0.601. The minimum absolute atomic E-state index is 0.793. The van der Waals surface area contributed by atoms with E-state index in [0.29, 0.717) is 0 Å². The van der Waals surface area contributed by atoms with Crippen molar-refractivity contribution in [1.82, 2.24) is 5.32 Å². The topological polar surface area (TPSA) is 12.0 Å². The van der Waals surface area contributed by atoms with E-state index in [1.165, 1.54) is 24.1 Å². The molecule has 0 aliphatic carbocycles. The average Bonchev–Trinajstić information content (AvgIpc) is 2.63. The van der Waals surface area contributed by atoms with Crippen LogP contribution in [0, 0.1) is 0 Å². The Morgan fingerprint density at radius 3 is 2.60 bits per heavy atom. The van der Waals surface area contributed by atoms with Crippen LogP contribution in [0.1, 0.15) is 30.6 Å². The first-order valence-electron chi connectivity index (χ1n) is 5.34. The Morgan fingerprint density at radius 2 is 1.93 bits per heavy atom. The first kappa shape index (κ1) is 13.3. The molecule has 0 fully saturated rings. The normalized spacial score (nSPS) is 10.8. The summed E-state index contributed by atoms with van der Waals surface area (Å²) in [6.45, 7) is 2.02. The van der Waals surface area contributed by atoms with Crippen LogP contribution in [-0.2, 0) is 6.54 Å². The number of unbranched alkanes of at least 4 members (excludes halogenated alkanes) is 3. The maximum absolute atomic E-state index is 5.84. The second kappa shape index (κ2) is 8.40. The molecule has 1 heterocycles. The van der Waals surface area contributed by atoms with E-state index in [2.05, 4.69) is 11.4 Å². The van der Waals surface area contributed by atoms with Crippen LogP contribution < -0.4 is 5.32 Å². The molecule has 1 aromatic rings. The molecule has 0 saturated heterocycles. The molecule has 4 heteroatoms. The van der Waals surface area contributed by atoms with Gasteiger partial charge in [-0.25, -0.2) is 0 Å². The molecule has 0 spiro atoms. The van der Waals surface area contributed by atoms with Crippen molar-refractivity contribution in [1.29, 1.82) is 0 Å². The van der Waals surface area contributed by atoms with Gasteiger partial charge in [0, 0.05) is 17.3 Å². The van der Waals surface area contributed by atoms with Gasteiger partial charge in [-0.3, -0.25) is 0 Å². The number of thiophene rings is 1. The predicted octanol–water partition coefficient (Wildman–Crippen LogP) is 4.29. The highest BCUT2D eigenvalue weighted by Crippen LogP contribution is 2.20. The van der Waals surface area contributed by atoms with Crippen molar-refractivity contribution < 1.29 is 0 Å². The lowest BCUT2D eigenvalue weighted by Crippen LogP contribution is -2.13. The zero-order chi connectivity index (χ0) is 10.9. The third-order valence-corrected chi connectivity index (χ3v) is 3.66. The molecule has 0 atom stereocenters. The van der Waals surface area contributed by atoms with Gasteiger partial charge < -0.3 is 5.32 Å². The smallest absolute Gasteiger partial charge is 0.0931 e. The molecule has 0 saturated carbocycles. The number of rotatable bonds is 8. The maximum Gasteiger partial charge on any atom is 0.0931 e. The van der Waals surface area contributed by atoms with E-state index in [4.69, 9.17) is 23.2 Å². The monoisotopic (exact) mass is 265 g/mol. The second-order valence-corrected chi connectivity index (χ2v) is 5.66. The Labute approximate surface area is 106 Å². The van der Waals surface area contributed by atoms with Crippen LogP contribution in [0.2, 0.25) is 4.34 Å². The molecule has 1 nitrogen and oxygen atoms in total. The summed E-state index contributed by atoms with van der Waals surface area (Å²) in [5.74, 6) is 0.793. The van der Waals surface area contributed by atoms with E-state index >= 15 is 0 Å². The molecule has 0 aliphatic heterocycles. The highest BCUT2D eigenvalue weighted by Gasteiger charge is 1.96. The molecule has 0 aliphatic rings. The first-order chi connectivity index (χ1) is 7.33. The number of halogens is 2. The van der Waals surface area contributed by atoms with Crippen molar-refractivity contribution in [2.75, 3.05) is 12.4 Å². The van der Waals surface area contributed by atoms with Crippen LogP contribution in [-0.4, -0.2) is 12.4 Å². The van der Waals surface area contributed by atoms with Crippen LogP contribution in [0.25, 0.3) is 0 Å². The number of hydrogen-bond donors (Lipinski definition) is 1. The summed E-state index contributed by atoms with van der Waals surface area (Å²) in [5, 5.41) is 3.41. The van der Waals surface area contributed by atoms with Gasteiger partial charge in [-0.1, -0.05) is 24.4 Å². The van der Waals surface area contributed by atoms with Gasteiger partial charge in [0.1, 0.15) is 0 Å². The van der Waals surface area contributed by atoms with E-state index in [0.717, 1.165) is 29.7 Å². The van der Waals surface area contributed by atoms with E-state index in [9.17, 15) is 0 Å². The van der Waals surface area contributed by atoms with Crippen molar-refractivity contribution >= 4 is 34.5 Å². The summed E-state index contributed by atoms with van der Waals surface area (Å²) in [6, 6.07) is 4.03. The minimum atomic E-state index is 0.793. The summed E-state index contributed by atoms with van der Waals surface area (Å²) in [7, 11) is 0. The lowest BCUT2D eigenvalue weighted by Gasteiger charge is -2.02. The average molecular weight is 266 g/mol. The molecule has 0 bridgehead atoms. The Balaban J connectivity index is 1.93. The molecule has 0 radical (unpaired) electrons. The molecule has 15 heavy (non-hydrogen) atoms. The highest BCUT2D eigenvalue weighted by atomic mass is 35.5. The lowest BCUT2D eigenvalue weighted by atomic mass is 10.2. The molecule has 1 rings (SSSR count). The summed E-state index contributed by atoms with van der Waals surface area (Å²) in [6.07, 6.45) is 4.89. The molecular formula is C11H17Cl2NS. The third kappa shape index (κ3) is 6.41. The van der Waals surface area contributed by atoms with Gasteiger partial charge in [0.2, 0.25) is 0 Å². The van der Waals surface area contributed by atoms with E-state index < -0.39 is 0 Å². The molecule has 1 N–H and O–H groups in total. The van der Waals surface area contributed by atoms with Crippen LogP contribution in [0.15, 0.2) is 12.1 Å². The third-order valence-electron chi connectivity index (χ3n) is 2.17. The maximum atomic E-state index is 5.84. The number of alkyl halides is 1. The molecule has 0 amide bonds. The highest BCUT2D eigenvalue weighted by molar-refractivity contribution is 7.16. The quantitative estimate of drug-likeness (QED) is 0.546. The SMILES string of the molecule is ClCCCCCCNCc1ccc(Cl)s1. The zero-order valence-electron chi connectivity index (χ0n) is 8.77. The molecule has 86 valence electrons. The van der Waals surface area contributed by atoms with Gasteiger partial charge in [-0.15, -0.1) is 22.9 Å². The summed E-state index contributed by atoms with van der Waals surface area (Å²) >= 11 is 13.1. The Morgan fingerprint density at radius 1 is 1.13 bits per heavy atom. The van der Waals surface area contributed by atoms with Gasteiger partial charge in [0.05, 0.1) is 4.34 Å². The van der Waals surface area contributed by atoms with Gasteiger partial charge in [0.15, 0.2) is 0 Å². The van der Waals surface area contributed by atoms with Crippen molar-refractivity contribution in [2.24, 2.45) is 0 Å². The fourth-order valence-corrected chi connectivity index (χ4v) is 2.60. The Bertz CT molecular complexity index is 263. The van der Waals surface area contributed by atoms with Gasteiger partial charge in [-0.05, 0) is 31.5 Å². The van der Waals surface area contributed by atoms with E-state index in [1.54, 1.807) is 11.3 Å². The number of nitrogens with one attached hydrogen (secondary N) is 1. The standard InChI is InChI=1S/C11H17Cl2NS/c12-7-3-1-2-4-8-14-9-10-5-6-11(13)15-10/h5-6,14H,1-4,7-9H2. The predicted molar refractivity (Wildman–Crippen MR) is 70.2 cm³/mol. The Hall–Kier alpha value is 0.240. The van der Waals surface area contributed by atoms with Crippen LogP contribution in [0.3, 0.4) is 0 Å². The fraction of sp³-hybridized carbons (Fsp3) is 0.636. The van der Waals surface area contributed by atoms with Gasteiger partial charge >= 0.3 is 0 Å². The minimum Gasteiger partial charge on any atom is -0.312 e. The van der Waals surface area contributed by atoms with Crippen LogP contribution >= 0.6 is 34.5 Å². The van der Waals surface area contributed by atoms with Crippen molar-refractivity contribution in [3.05, 3.63) is 21.3 Å². The number of hydrogen-bond acceptors (Lipinski definition) is 2. The van der Waals surface area contributed by atoms with Crippen molar-refractivity contribution in [3.63, 3.8) is 0 Å².